The highest BCUT2D eigenvalue weighted by Crippen LogP contribution is 2.30. The summed E-state index contributed by atoms with van der Waals surface area (Å²) in [6.45, 7) is 1.44. The molecule has 0 bridgehead atoms. The Kier molecular flexibility index (Phi) is 4.05. The molecule has 0 atom stereocenters. The molecule has 0 aliphatic rings. The Labute approximate surface area is 103 Å². The van der Waals surface area contributed by atoms with Gasteiger partial charge in [-0.1, -0.05) is 0 Å². The lowest BCUT2D eigenvalue weighted by molar-refractivity contribution is -0.275. The van der Waals surface area contributed by atoms with Crippen molar-refractivity contribution in [3.8, 4) is 5.75 Å². The number of aromatic nitrogens is 1. The smallest absolute Gasteiger partial charge is 0.404 e. The Hall–Kier alpha value is -0.240. The van der Waals surface area contributed by atoms with Crippen molar-refractivity contribution < 1.29 is 17.9 Å². The lowest BCUT2D eigenvalue weighted by atomic mass is 10.2. The van der Waals surface area contributed by atoms with Gasteiger partial charge in [-0.15, -0.1) is 24.8 Å². The minimum absolute atomic E-state index is 0.0508. The maximum atomic E-state index is 12.0. The van der Waals surface area contributed by atoms with E-state index in [0.717, 1.165) is 0 Å². The van der Waals surface area contributed by atoms with Crippen molar-refractivity contribution >= 4 is 34.2 Å². The second-order valence-electron chi connectivity index (χ2n) is 2.70. The first kappa shape index (κ1) is 12.8. The quantitative estimate of drug-likeness (QED) is 0.461. The first-order chi connectivity index (χ1) is 6.83. The predicted molar refractivity (Wildman–Crippen MR) is 57.9 cm³/mol. The van der Waals surface area contributed by atoms with Crippen LogP contribution in [0, 0.1) is 10.6 Å². The van der Waals surface area contributed by atoms with Gasteiger partial charge in [-0.2, -0.15) is 0 Å². The highest BCUT2D eigenvalue weighted by atomic mass is 127. The number of ether oxygens (including phenoxy) is 1. The van der Waals surface area contributed by atoms with Crippen LogP contribution in [0.25, 0.3) is 0 Å². The van der Waals surface area contributed by atoms with Crippen LogP contribution >= 0.6 is 34.2 Å². The van der Waals surface area contributed by atoms with E-state index in [4.69, 9.17) is 11.6 Å². The van der Waals surface area contributed by atoms with E-state index in [-0.39, 0.29) is 22.9 Å². The van der Waals surface area contributed by atoms with Gasteiger partial charge in [-0.3, -0.25) is 0 Å². The maximum Gasteiger partial charge on any atom is 0.573 e. The first-order valence-corrected chi connectivity index (χ1v) is 5.42. The number of hydrogen-bond acceptors (Lipinski definition) is 2. The van der Waals surface area contributed by atoms with Crippen LogP contribution in [0.5, 0.6) is 5.75 Å². The average Bonchev–Trinajstić information content (AvgIpc) is 2.07. The Morgan fingerprint density at radius 1 is 1.53 bits per heavy atom. The molecule has 1 rings (SSSR count). The van der Waals surface area contributed by atoms with Gasteiger partial charge in [0.15, 0.2) is 5.75 Å². The van der Waals surface area contributed by atoms with Gasteiger partial charge in [-0.05, 0) is 35.6 Å². The molecule has 7 heteroatoms. The van der Waals surface area contributed by atoms with E-state index in [0.29, 0.717) is 3.70 Å². The number of pyridine rings is 1. The molecule has 0 saturated carbocycles. The third kappa shape index (κ3) is 3.67. The number of nitrogens with zero attached hydrogens (tertiary/aromatic N) is 1. The average molecular weight is 351 g/mol. The second kappa shape index (κ2) is 4.73. The van der Waals surface area contributed by atoms with Gasteiger partial charge in [0, 0.05) is 5.56 Å². The molecule has 1 aromatic heterocycles. The Morgan fingerprint density at radius 3 is 2.60 bits per heavy atom. The summed E-state index contributed by atoms with van der Waals surface area (Å²) in [4.78, 5) is 3.87. The van der Waals surface area contributed by atoms with Crippen molar-refractivity contribution in [3.63, 3.8) is 0 Å². The van der Waals surface area contributed by atoms with Crippen LogP contribution in [0.2, 0.25) is 0 Å². The summed E-state index contributed by atoms with van der Waals surface area (Å²) >= 11 is 7.43. The van der Waals surface area contributed by atoms with E-state index in [9.17, 15) is 13.2 Å². The van der Waals surface area contributed by atoms with Crippen LogP contribution in [0.1, 0.15) is 11.3 Å². The summed E-state index contributed by atoms with van der Waals surface area (Å²) in [7, 11) is 0. The maximum absolute atomic E-state index is 12.0. The third-order valence-electron chi connectivity index (χ3n) is 1.55. The molecule has 0 aliphatic carbocycles. The summed E-state index contributed by atoms with van der Waals surface area (Å²) in [5.74, 6) is -0.358. The molecule has 0 amide bonds. The molecular weight excluding hydrogens is 345 g/mol. The number of alkyl halides is 4. The van der Waals surface area contributed by atoms with Crippen LogP contribution in [0.3, 0.4) is 0 Å². The fourth-order valence-corrected chi connectivity index (χ4v) is 1.98. The minimum atomic E-state index is -4.72. The zero-order valence-electron chi connectivity index (χ0n) is 7.53. The lowest BCUT2D eigenvalue weighted by Crippen LogP contribution is -2.19. The first-order valence-electron chi connectivity index (χ1n) is 3.81. The van der Waals surface area contributed by atoms with E-state index in [1.54, 1.807) is 0 Å². The molecule has 1 aromatic rings. The molecule has 0 aromatic carbocycles. The van der Waals surface area contributed by atoms with Crippen molar-refractivity contribution in [2.75, 3.05) is 0 Å². The standard InChI is InChI=1S/C8H6ClF3INO/c1-4-7(15-8(10,11)12)5(3-9)2-6(13)14-4/h2H,3H2,1H3. The van der Waals surface area contributed by atoms with Gasteiger partial charge in [-0.25, -0.2) is 4.98 Å². The van der Waals surface area contributed by atoms with Crippen molar-refractivity contribution in [2.24, 2.45) is 0 Å². The third-order valence-corrected chi connectivity index (χ3v) is 2.39. The van der Waals surface area contributed by atoms with Crippen LogP contribution < -0.4 is 4.74 Å². The highest BCUT2D eigenvalue weighted by molar-refractivity contribution is 14.1. The lowest BCUT2D eigenvalue weighted by Gasteiger charge is -2.14. The number of rotatable bonds is 2. The van der Waals surface area contributed by atoms with Crippen LogP contribution in [0.15, 0.2) is 6.07 Å². The van der Waals surface area contributed by atoms with Gasteiger partial charge in [0.25, 0.3) is 0 Å². The Balaban J connectivity index is 3.15. The molecule has 0 aliphatic heterocycles. The van der Waals surface area contributed by atoms with Crippen molar-refractivity contribution in [1.82, 2.24) is 4.98 Å². The fourth-order valence-electron chi connectivity index (χ4n) is 1.04. The molecule has 0 radical (unpaired) electrons. The molecule has 0 fully saturated rings. The largest absolute Gasteiger partial charge is 0.573 e. The zero-order valence-corrected chi connectivity index (χ0v) is 10.4. The van der Waals surface area contributed by atoms with Gasteiger partial charge < -0.3 is 4.74 Å². The van der Waals surface area contributed by atoms with Crippen molar-refractivity contribution in [2.45, 2.75) is 19.2 Å². The Morgan fingerprint density at radius 2 is 2.13 bits per heavy atom. The molecule has 1 heterocycles. The van der Waals surface area contributed by atoms with Crippen molar-refractivity contribution in [3.05, 3.63) is 21.0 Å². The van der Waals surface area contributed by atoms with E-state index >= 15 is 0 Å². The van der Waals surface area contributed by atoms with E-state index in [2.05, 4.69) is 9.72 Å². The number of hydrogen-bond donors (Lipinski definition) is 0. The summed E-state index contributed by atoms with van der Waals surface area (Å²) < 4.78 is 40.6. The van der Waals surface area contributed by atoms with Crippen LogP contribution in [0.4, 0.5) is 13.2 Å². The van der Waals surface area contributed by atoms with E-state index in [1.165, 1.54) is 13.0 Å². The number of halogens is 5. The van der Waals surface area contributed by atoms with Gasteiger partial charge in [0.1, 0.15) is 3.70 Å². The SMILES string of the molecule is Cc1nc(I)cc(CCl)c1OC(F)(F)F. The minimum Gasteiger partial charge on any atom is -0.404 e. The topological polar surface area (TPSA) is 22.1 Å². The zero-order chi connectivity index (χ0) is 11.6. The summed E-state index contributed by atoms with van der Waals surface area (Å²) in [6.07, 6.45) is -4.72. The summed E-state index contributed by atoms with van der Waals surface area (Å²) in [5, 5.41) is 0. The monoisotopic (exact) mass is 351 g/mol. The normalized spacial score (nSPS) is 11.6. The molecule has 2 nitrogen and oxygen atoms in total. The van der Waals surface area contributed by atoms with Gasteiger partial charge in [0.05, 0.1) is 11.6 Å². The molecule has 15 heavy (non-hydrogen) atoms. The molecular formula is C8H6ClF3INO. The summed E-state index contributed by atoms with van der Waals surface area (Å²) in [6, 6.07) is 1.46. The predicted octanol–water partition coefficient (Wildman–Crippen LogP) is 3.63. The second-order valence-corrected chi connectivity index (χ2v) is 4.07. The molecule has 84 valence electrons. The van der Waals surface area contributed by atoms with Gasteiger partial charge in [0.2, 0.25) is 0 Å². The van der Waals surface area contributed by atoms with Crippen LogP contribution in [-0.4, -0.2) is 11.3 Å². The molecule has 0 unspecified atom stereocenters. The van der Waals surface area contributed by atoms with E-state index < -0.39 is 6.36 Å². The molecule has 0 saturated heterocycles. The number of aryl methyl sites for hydroxylation is 1. The van der Waals surface area contributed by atoms with Crippen LogP contribution in [-0.2, 0) is 5.88 Å². The van der Waals surface area contributed by atoms with Gasteiger partial charge >= 0.3 is 6.36 Å². The molecule has 0 spiro atoms. The molecule has 0 N–H and O–H groups in total. The summed E-state index contributed by atoms with van der Waals surface area (Å²) in [5.41, 5.74) is 0.459. The fraction of sp³-hybridized carbons (Fsp3) is 0.375. The van der Waals surface area contributed by atoms with E-state index in [1.807, 2.05) is 22.6 Å². The highest BCUT2D eigenvalue weighted by Gasteiger charge is 2.33. The van der Waals surface area contributed by atoms with Crippen molar-refractivity contribution in [1.29, 1.82) is 0 Å². The Bertz CT molecular complexity index is 370.